The summed E-state index contributed by atoms with van der Waals surface area (Å²) in [5.41, 5.74) is -5.89. The van der Waals surface area contributed by atoms with Crippen molar-refractivity contribution in [2.45, 2.75) is 131 Å². The second-order valence-corrected chi connectivity index (χ2v) is 14.2. The molecular weight excluding hydrogens is 628 g/mol. The zero-order valence-electron chi connectivity index (χ0n) is 29.9. The van der Waals surface area contributed by atoms with Crippen molar-refractivity contribution in [1.29, 1.82) is 0 Å². The highest BCUT2D eigenvalue weighted by Crippen LogP contribution is 2.51. The number of carbonyl (C=O) groups is 6. The minimum Gasteiger partial charge on any atom is -0.458 e. The third-order valence-corrected chi connectivity index (χ3v) is 9.13. The number of rotatable bonds is 8. The first-order valence-corrected chi connectivity index (χ1v) is 16.2. The molecule has 270 valence electrons. The summed E-state index contributed by atoms with van der Waals surface area (Å²) in [6.45, 7) is 19.9. The van der Waals surface area contributed by atoms with Gasteiger partial charge in [-0.1, -0.05) is 67.2 Å². The smallest absolute Gasteiger partial charge is 0.309 e. The van der Waals surface area contributed by atoms with Gasteiger partial charge in [0, 0.05) is 44.1 Å². The van der Waals surface area contributed by atoms with E-state index < -0.39 is 113 Å². The SMILES string of the molecule is C=C1C(OC(C)=O)C(OC(C)=O)C(OC(C)=O)C(C)(C)C=CC(C)C(=O)C2(O)CC(C)(OC(=O)C(C)C)C(O)C2C1OC(=O)C(C)CC. The Balaban J connectivity index is 3.09. The van der Waals surface area contributed by atoms with Crippen LogP contribution in [-0.2, 0) is 52.5 Å². The molecule has 0 bridgehead atoms. The van der Waals surface area contributed by atoms with E-state index in [-0.39, 0.29) is 5.57 Å². The maximum absolute atomic E-state index is 14.3. The van der Waals surface area contributed by atoms with E-state index in [2.05, 4.69) is 6.58 Å². The van der Waals surface area contributed by atoms with Crippen molar-refractivity contribution >= 4 is 35.6 Å². The Morgan fingerprint density at radius 2 is 1.46 bits per heavy atom. The molecule has 0 amide bonds. The fourth-order valence-electron chi connectivity index (χ4n) is 6.26. The Kier molecular flexibility index (Phi) is 13.0. The van der Waals surface area contributed by atoms with Crippen LogP contribution in [0.1, 0.15) is 89.0 Å². The number of fused-ring (bicyclic) bond motifs is 1. The molecule has 2 aliphatic rings. The minimum atomic E-state index is -2.51. The van der Waals surface area contributed by atoms with Crippen molar-refractivity contribution in [3.8, 4) is 0 Å². The number of hydrogen-bond donors (Lipinski definition) is 2. The van der Waals surface area contributed by atoms with Crippen molar-refractivity contribution in [1.82, 2.24) is 0 Å². The molecule has 0 aromatic rings. The van der Waals surface area contributed by atoms with Gasteiger partial charge in [-0.3, -0.25) is 28.8 Å². The lowest BCUT2D eigenvalue weighted by atomic mass is 9.72. The van der Waals surface area contributed by atoms with Gasteiger partial charge in [-0.25, -0.2) is 0 Å². The first-order valence-electron chi connectivity index (χ1n) is 16.2. The number of ether oxygens (including phenoxy) is 5. The lowest BCUT2D eigenvalue weighted by Crippen LogP contribution is -2.58. The van der Waals surface area contributed by atoms with Crippen molar-refractivity contribution < 1.29 is 62.7 Å². The average Bonchev–Trinajstić information content (AvgIpc) is 3.17. The lowest BCUT2D eigenvalue weighted by Gasteiger charge is -2.43. The van der Waals surface area contributed by atoms with Crippen LogP contribution in [0, 0.1) is 29.1 Å². The normalized spacial score (nSPS) is 34.2. The standard InChI is InChI=1S/C35H52O13/c1-13-18(4)32(42)47-25-20(6)26(44-21(7)36)27(45-22(8)37)30(46-23(9)38)33(10,11)15-14-19(5)28(39)35(43)16-34(12,29(40)24(25)35)48-31(41)17(2)3/h14-15,17-19,24-27,29-30,40,43H,6,13,16H2,1-5,7-12H3. The number of aliphatic hydroxyl groups excluding tert-OH is 1. The zero-order chi connectivity index (χ0) is 37.1. The van der Waals surface area contributed by atoms with Crippen molar-refractivity contribution in [2.24, 2.45) is 29.1 Å². The predicted octanol–water partition coefficient (Wildman–Crippen LogP) is 3.17. The summed E-state index contributed by atoms with van der Waals surface area (Å²) in [5.74, 6) is -8.98. The average molecular weight is 681 g/mol. The van der Waals surface area contributed by atoms with Gasteiger partial charge in [0.2, 0.25) is 0 Å². The van der Waals surface area contributed by atoms with E-state index >= 15 is 0 Å². The van der Waals surface area contributed by atoms with E-state index in [1.807, 2.05) is 0 Å². The van der Waals surface area contributed by atoms with E-state index in [0.29, 0.717) is 6.42 Å². The van der Waals surface area contributed by atoms with Crippen LogP contribution in [0.15, 0.2) is 24.3 Å². The molecular formula is C35H52O13. The fourth-order valence-corrected chi connectivity index (χ4v) is 6.26. The fraction of sp³-hybridized carbons (Fsp3) is 0.714. The molecule has 2 rings (SSSR count). The van der Waals surface area contributed by atoms with Crippen LogP contribution in [0.4, 0.5) is 0 Å². The van der Waals surface area contributed by atoms with Crippen molar-refractivity contribution in [2.75, 3.05) is 0 Å². The molecule has 10 unspecified atom stereocenters. The van der Waals surface area contributed by atoms with Crippen LogP contribution in [0.25, 0.3) is 0 Å². The summed E-state index contributed by atoms with van der Waals surface area (Å²) in [6, 6.07) is 0. The molecule has 13 nitrogen and oxygen atoms in total. The molecule has 2 N–H and O–H groups in total. The molecule has 0 aromatic heterocycles. The van der Waals surface area contributed by atoms with Crippen molar-refractivity contribution in [3.63, 3.8) is 0 Å². The van der Waals surface area contributed by atoms with E-state index in [4.69, 9.17) is 23.7 Å². The molecule has 0 spiro atoms. The van der Waals surface area contributed by atoms with Crippen LogP contribution in [0.3, 0.4) is 0 Å². The summed E-state index contributed by atoms with van der Waals surface area (Å²) in [6.07, 6.45) is -5.59. The Hall–Kier alpha value is -3.58. The quantitative estimate of drug-likeness (QED) is 0.216. The van der Waals surface area contributed by atoms with Crippen molar-refractivity contribution in [3.05, 3.63) is 24.3 Å². The van der Waals surface area contributed by atoms with Crippen LogP contribution in [0.5, 0.6) is 0 Å². The largest absolute Gasteiger partial charge is 0.458 e. The third-order valence-electron chi connectivity index (χ3n) is 9.13. The van der Waals surface area contributed by atoms with Crippen LogP contribution < -0.4 is 0 Å². The Bertz CT molecular complexity index is 1320. The number of Topliss-reactive ketones (excluding diaryl/α,β-unsaturated/α-hetero) is 1. The first-order chi connectivity index (χ1) is 21.9. The maximum atomic E-state index is 14.3. The number of ketones is 1. The van der Waals surface area contributed by atoms with E-state index in [1.165, 1.54) is 26.0 Å². The van der Waals surface area contributed by atoms with E-state index in [0.717, 1.165) is 20.8 Å². The second-order valence-electron chi connectivity index (χ2n) is 14.2. The molecule has 0 saturated heterocycles. The molecule has 0 aromatic carbocycles. The molecule has 0 aliphatic heterocycles. The molecule has 0 heterocycles. The molecule has 0 radical (unpaired) electrons. The molecule has 1 saturated carbocycles. The van der Waals surface area contributed by atoms with Crippen LogP contribution >= 0.6 is 0 Å². The summed E-state index contributed by atoms with van der Waals surface area (Å²) in [7, 11) is 0. The number of carbonyl (C=O) groups excluding carboxylic acids is 6. The highest BCUT2D eigenvalue weighted by atomic mass is 16.6. The monoisotopic (exact) mass is 680 g/mol. The molecule has 48 heavy (non-hydrogen) atoms. The zero-order valence-corrected chi connectivity index (χ0v) is 29.9. The van der Waals surface area contributed by atoms with Gasteiger partial charge in [0.15, 0.2) is 24.1 Å². The first kappa shape index (κ1) is 40.6. The van der Waals surface area contributed by atoms with Gasteiger partial charge < -0.3 is 33.9 Å². The second kappa shape index (κ2) is 15.3. The molecule has 10 atom stereocenters. The highest BCUT2D eigenvalue weighted by molar-refractivity contribution is 5.92. The number of hydrogen-bond acceptors (Lipinski definition) is 13. The van der Waals surface area contributed by atoms with Gasteiger partial charge >= 0.3 is 29.8 Å². The van der Waals surface area contributed by atoms with Crippen LogP contribution in [-0.4, -0.2) is 87.6 Å². The minimum absolute atomic E-state index is 0.298. The Labute approximate surface area is 282 Å². The molecule has 1 fully saturated rings. The van der Waals surface area contributed by atoms with Gasteiger partial charge in [-0.15, -0.1) is 0 Å². The third kappa shape index (κ3) is 8.71. The predicted molar refractivity (Wildman–Crippen MR) is 171 cm³/mol. The highest BCUT2D eigenvalue weighted by Gasteiger charge is 2.68. The number of esters is 5. The summed E-state index contributed by atoms with van der Waals surface area (Å²) < 4.78 is 28.8. The summed E-state index contributed by atoms with van der Waals surface area (Å²) in [5, 5.41) is 24.4. The lowest BCUT2D eigenvalue weighted by molar-refractivity contribution is -0.192. The van der Waals surface area contributed by atoms with Gasteiger partial charge in [-0.2, -0.15) is 0 Å². The van der Waals surface area contributed by atoms with Gasteiger partial charge in [-0.05, 0) is 13.3 Å². The maximum Gasteiger partial charge on any atom is 0.309 e. The van der Waals surface area contributed by atoms with Gasteiger partial charge in [0.05, 0.1) is 17.8 Å². The Morgan fingerprint density at radius 1 is 0.917 bits per heavy atom. The molecule has 13 heteroatoms. The van der Waals surface area contributed by atoms with Gasteiger partial charge in [0.1, 0.15) is 23.4 Å². The molecule has 2 aliphatic carbocycles. The van der Waals surface area contributed by atoms with E-state index in [1.54, 1.807) is 41.5 Å². The number of allylic oxidation sites excluding steroid dienone is 1. The van der Waals surface area contributed by atoms with Crippen LogP contribution in [0.2, 0.25) is 0 Å². The summed E-state index contributed by atoms with van der Waals surface area (Å²) in [4.78, 5) is 78.3. The topological polar surface area (TPSA) is 189 Å². The van der Waals surface area contributed by atoms with E-state index in [9.17, 15) is 39.0 Å². The Morgan fingerprint density at radius 3 is 1.94 bits per heavy atom. The number of aliphatic hydroxyl groups is 2. The summed E-state index contributed by atoms with van der Waals surface area (Å²) >= 11 is 0. The van der Waals surface area contributed by atoms with Gasteiger partial charge in [0.25, 0.3) is 0 Å².